The molecule has 0 aliphatic carbocycles. The standard InChI is InChI=1S/C22H18FN3OS/c1-16(21-12-7-13-27-21)25-26-20(18-10-5-6-11-19(18)23)15-28-22(26)24-14-17-8-3-2-4-9-17/h2-13,15H,14H2,1H3. The Morgan fingerprint density at radius 2 is 1.82 bits per heavy atom. The summed E-state index contributed by atoms with van der Waals surface area (Å²) in [5, 5.41) is 6.56. The van der Waals surface area contributed by atoms with E-state index in [0.29, 0.717) is 34.1 Å². The molecule has 0 aliphatic rings. The third kappa shape index (κ3) is 3.87. The molecule has 0 saturated heterocycles. The lowest BCUT2D eigenvalue weighted by molar-refractivity contribution is 0.556. The molecule has 0 radical (unpaired) electrons. The topological polar surface area (TPSA) is 42.8 Å². The first-order valence-corrected chi connectivity index (χ1v) is 9.69. The lowest BCUT2D eigenvalue weighted by atomic mass is 10.1. The van der Waals surface area contributed by atoms with E-state index in [1.165, 1.54) is 17.4 Å². The van der Waals surface area contributed by atoms with Gasteiger partial charge in [0.15, 0.2) is 0 Å². The molecule has 2 aromatic carbocycles. The highest BCUT2D eigenvalue weighted by Crippen LogP contribution is 2.23. The number of halogens is 1. The van der Waals surface area contributed by atoms with Gasteiger partial charge in [0.05, 0.1) is 18.5 Å². The van der Waals surface area contributed by atoms with E-state index in [0.717, 1.165) is 5.56 Å². The fourth-order valence-electron chi connectivity index (χ4n) is 2.78. The Bertz CT molecular complexity index is 1160. The maximum absolute atomic E-state index is 14.4. The minimum absolute atomic E-state index is 0.297. The van der Waals surface area contributed by atoms with Gasteiger partial charge in [-0.1, -0.05) is 42.5 Å². The molecule has 0 fully saturated rings. The van der Waals surface area contributed by atoms with Crippen LogP contribution in [0.4, 0.5) is 4.39 Å². The maximum Gasteiger partial charge on any atom is 0.206 e. The third-order valence-corrected chi connectivity index (χ3v) is 5.06. The third-order valence-electron chi connectivity index (χ3n) is 4.20. The first-order valence-electron chi connectivity index (χ1n) is 8.81. The van der Waals surface area contributed by atoms with Gasteiger partial charge in [0, 0.05) is 10.9 Å². The molecule has 0 bridgehead atoms. The molecule has 4 aromatic rings. The minimum Gasteiger partial charge on any atom is -0.463 e. The number of furan rings is 1. The van der Waals surface area contributed by atoms with Gasteiger partial charge in [-0.05, 0) is 36.8 Å². The second kappa shape index (κ2) is 8.19. The van der Waals surface area contributed by atoms with Crippen molar-refractivity contribution >= 4 is 17.0 Å². The summed E-state index contributed by atoms with van der Waals surface area (Å²) in [5.41, 5.74) is 2.92. The van der Waals surface area contributed by atoms with E-state index in [-0.39, 0.29) is 5.82 Å². The molecule has 2 aromatic heterocycles. The van der Waals surface area contributed by atoms with Gasteiger partial charge in [0.25, 0.3) is 0 Å². The zero-order chi connectivity index (χ0) is 19.3. The quantitative estimate of drug-likeness (QED) is 0.425. The SMILES string of the molecule is CC(=Nn1c(-c2ccccc2F)csc1=NCc1ccccc1)c1ccco1. The fraction of sp³-hybridized carbons (Fsp3) is 0.0909. The summed E-state index contributed by atoms with van der Waals surface area (Å²) >= 11 is 1.43. The van der Waals surface area contributed by atoms with Crippen LogP contribution in [0.15, 0.2) is 92.9 Å². The smallest absolute Gasteiger partial charge is 0.206 e. The molecular weight excluding hydrogens is 373 g/mol. The van der Waals surface area contributed by atoms with Gasteiger partial charge >= 0.3 is 0 Å². The highest BCUT2D eigenvalue weighted by molar-refractivity contribution is 7.07. The predicted octanol–water partition coefficient (Wildman–Crippen LogP) is 5.32. The molecule has 4 rings (SSSR count). The van der Waals surface area contributed by atoms with E-state index in [4.69, 9.17) is 9.41 Å². The number of rotatable bonds is 5. The van der Waals surface area contributed by atoms with Crippen LogP contribution in [0, 0.1) is 5.82 Å². The monoisotopic (exact) mass is 391 g/mol. The number of aromatic nitrogens is 1. The van der Waals surface area contributed by atoms with Gasteiger partial charge < -0.3 is 4.42 Å². The van der Waals surface area contributed by atoms with Crippen LogP contribution in [0.3, 0.4) is 0 Å². The predicted molar refractivity (Wildman–Crippen MR) is 110 cm³/mol. The van der Waals surface area contributed by atoms with Gasteiger partial charge in [-0.25, -0.2) is 9.07 Å². The highest BCUT2D eigenvalue weighted by Gasteiger charge is 2.13. The Morgan fingerprint density at radius 1 is 1.04 bits per heavy atom. The lowest BCUT2D eigenvalue weighted by Crippen LogP contribution is -2.14. The molecule has 0 unspecified atom stereocenters. The van der Waals surface area contributed by atoms with E-state index >= 15 is 0 Å². The molecule has 0 saturated carbocycles. The average Bonchev–Trinajstić information content (AvgIpc) is 3.38. The summed E-state index contributed by atoms with van der Waals surface area (Å²) in [5.74, 6) is 0.363. The van der Waals surface area contributed by atoms with Crippen molar-refractivity contribution in [2.45, 2.75) is 13.5 Å². The minimum atomic E-state index is -0.297. The van der Waals surface area contributed by atoms with Crippen LogP contribution in [0.1, 0.15) is 18.2 Å². The second-order valence-electron chi connectivity index (χ2n) is 6.16. The number of benzene rings is 2. The van der Waals surface area contributed by atoms with Crippen molar-refractivity contribution in [2.24, 2.45) is 10.1 Å². The number of thiazole rings is 1. The Balaban J connectivity index is 1.83. The van der Waals surface area contributed by atoms with Gasteiger partial charge in [0.2, 0.25) is 4.80 Å². The number of hydrogen-bond acceptors (Lipinski definition) is 4. The van der Waals surface area contributed by atoms with Crippen LogP contribution in [0.2, 0.25) is 0 Å². The summed E-state index contributed by atoms with van der Waals surface area (Å²) in [6.07, 6.45) is 1.60. The molecule has 0 atom stereocenters. The molecule has 140 valence electrons. The summed E-state index contributed by atoms with van der Waals surface area (Å²) in [7, 11) is 0. The Labute approximate surface area is 165 Å². The number of nitrogens with zero attached hydrogens (tertiary/aromatic N) is 3. The first-order chi connectivity index (χ1) is 13.7. The largest absolute Gasteiger partial charge is 0.463 e. The van der Waals surface area contributed by atoms with Gasteiger partial charge in [-0.2, -0.15) is 5.10 Å². The van der Waals surface area contributed by atoms with E-state index in [9.17, 15) is 4.39 Å². The zero-order valence-electron chi connectivity index (χ0n) is 15.2. The van der Waals surface area contributed by atoms with Crippen molar-refractivity contribution in [3.8, 4) is 11.3 Å². The summed E-state index contributed by atoms with van der Waals surface area (Å²) < 4.78 is 21.5. The van der Waals surface area contributed by atoms with Crippen molar-refractivity contribution in [3.05, 3.63) is 100 Å². The van der Waals surface area contributed by atoms with E-state index in [2.05, 4.69) is 5.10 Å². The fourth-order valence-corrected chi connectivity index (χ4v) is 3.61. The molecule has 0 amide bonds. The zero-order valence-corrected chi connectivity index (χ0v) is 16.1. The highest BCUT2D eigenvalue weighted by atomic mass is 32.1. The Morgan fingerprint density at radius 3 is 2.57 bits per heavy atom. The van der Waals surface area contributed by atoms with Gasteiger partial charge in [0.1, 0.15) is 17.3 Å². The first kappa shape index (κ1) is 18.1. The van der Waals surface area contributed by atoms with Crippen molar-refractivity contribution < 1.29 is 8.81 Å². The van der Waals surface area contributed by atoms with Crippen LogP contribution in [0.5, 0.6) is 0 Å². The summed E-state index contributed by atoms with van der Waals surface area (Å²) in [6.45, 7) is 2.38. The lowest BCUT2D eigenvalue weighted by Gasteiger charge is -2.06. The molecule has 0 N–H and O–H groups in total. The number of hydrogen-bond donors (Lipinski definition) is 0. The molecular formula is C22H18FN3OS. The molecule has 6 heteroatoms. The molecule has 0 spiro atoms. The van der Waals surface area contributed by atoms with Crippen molar-refractivity contribution in [1.29, 1.82) is 0 Å². The summed E-state index contributed by atoms with van der Waals surface area (Å²) in [4.78, 5) is 5.40. The van der Waals surface area contributed by atoms with E-state index in [1.54, 1.807) is 23.1 Å². The van der Waals surface area contributed by atoms with Crippen LogP contribution < -0.4 is 4.80 Å². The Kier molecular flexibility index (Phi) is 5.30. The summed E-state index contributed by atoms with van der Waals surface area (Å²) in [6, 6.07) is 20.3. The van der Waals surface area contributed by atoms with Crippen LogP contribution >= 0.6 is 11.3 Å². The normalized spacial score (nSPS) is 12.5. The molecule has 2 heterocycles. The van der Waals surface area contributed by atoms with Crippen LogP contribution in [-0.4, -0.2) is 10.4 Å². The van der Waals surface area contributed by atoms with E-state index in [1.807, 2.05) is 60.8 Å². The Hall–Kier alpha value is -3.25. The molecule has 0 aliphatic heterocycles. The molecule has 28 heavy (non-hydrogen) atoms. The van der Waals surface area contributed by atoms with Crippen molar-refractivity contribution in [3.63, 3.8) is 0 Å². The van der Waals surface area contributed by atoms with Gasteiger partial charge in [-0.15, -0.1) is 11.3 Å². The van der Waals surface area contributed by atoms with Crippen LogP contribution in [-0.2, 0) is 6.54 Å². The van der Waals surface area contributed by atoms with Crippen molar-refractivity contribution in [1.82, 2.24) is 4.68 Å². The van der Waals surface area contributed by atoms with E-state index < -0.39 is 0 Å². The van der Waals surface area contributed by atoms with Gasteiger partial charge in [-0.3, -0.25) is 4.99 Å². The van der Waals surface area contributed by atoms with Crippen molar-refractivity contribution in [2.75, 3.05) is 0 Å². The second-order valence-corrected chi connectivity index (χ2v) is 7.00. The average molecular weight is 391 g/mol. The van der Waals surface area contributed by atoms with Crippen LogP contribution in [0.25, 0.3) is 11.3 Å². The molecule has 4 nitrogen and oxygen atoms in total. The maximum atomic E-state index is 14.4.